The molecule has 1 aromatic carbocycles. The number of benzene rings is 1. The summed E-state index contributed by atoms with van der Waals surface area (Å²) in [6.07, 6.45) is 0. The zero-order valence-electron chi connectivity index (χ0n) is 9.11. The number of ether oxygens (including phenoxy) is 1. The lowest BCUT2D eigenvalue weighted by Crippen LogP contribution is -2.48. The fraction of sp³-hybridized carbons (Fsp3) is 0.417. The largest absolute Gasteiger partial charge is 0.378 e. The molecule has 4 nitrogen and oxygen atoms in total. The lowest BCUT2D eigenvalue weighted by atomic mass is 10.2. The van der Waals surface area contributed by atoms with Gasteiger partial charge in [-0.3, -0.25) is 4.79 Å². The van der Waals surface area contributed by atoms with E-state index in [4.69, 9.17) is 4.74 Å². The van der Waals surface area contributed by atoms with E-state index < -0.39 is 0 Å². The van der Waals surface area contributed by atoms with Crippen LogP contribution in [0.1, 0.15) is 10.4 Å². The van der Waals surface area contributed by atoms with Crippen molar-refractivity contribution in [2.24, 2.45) is 0 Å². The van der Waals surface area contributed by atoms with Gasteiger partial charge in [0.15, 0.2) is 0 Å². The van der Waals surface area contributed by atoms with Crippen molar-refractivity contribution in [1.29, 1.82) is 0 Å². The third kappa shape index (κ3) is 3.05. The molecule has 0 bridgehead atoms. The number of hydrogen-bond donors (Lipinski definition) is 2. The summed E-state index contributed by atoms with van der Waals surface area (Å²) in [5.74, 6) is -0.0343. The molecule has 1 fully saturated rings. The normalized spacial score (nSPS) is 20.4. The molecule has 0 spiro atoms. The summed E-state index contributed by atoms with van der Waals surface area (Å²) in [6, 6.07) is 9.45. The van der Waals surface area contributed by atoms with Crippen LogP contribution >= 0.6 is 0 Å². The van der Waals surface area contributed by atoms with E-state index in [0.29, 0.717) is 18.7 Å². The lowest BCUT2D eigenvalue weighted by molar-refractivity contribution is 0.0734. The van der Waals surface area contributed by atoms with Crippen molar-refractivity contribution < 1.29 is 9.53 Å². The third-order valence-corrected chi connectivity index (χ3v) is 2.54. The van der Waals surface area contributed by atoms with Crippen LogP contribution in [0.4, 0.5) is 0 Å². The first-order valence-corrected chi connectivity index (χ1v) is 5.50. The summed E-state index contributed by atoms with van der Waals surface area (Å²) >= 11 is 0. The molecule has 1 saturated heterocycles. The molecule has 1 heterocycles. The van der Waals surface area contributed by atoms with E-state index in [-0.39, 0.29) is 11.9 Å². The fourth-order valence-electron chi connectivity index (χ4n) is 1.66. The van der Waals surface area contributed by atoms with Crippen molar-refractivity contribution in [3.63, 3.8) is 0 Å². The fourth-order valence-corrected chi connectivity index (χ4v) is 1.66. The molecule has 1 aliphatic rings. The van der Waals surface area contributed by atoms with Crippen LogP contribution in [0.15, 0.2) is 30.3 Å². The molecule has 1 aliphatic heterocycles. The Morgan fingerprint density at radius 3 is 2.94 bits per heavy atom. The molecule has 86 valence electrons. The molecule has 1 amide bonds. The first kappa shape index (κ1) is 11.1. The van der Waals surface area contributed by atoms with Gasteiger partial charge in [0, 0.05) is 24.7 Å². The number of hydrogen-bond acceptors (Lipinski definition) is 3. The number of nitrogens with one attached hydrogen (secondary N) is 2. The van der Waals surface area contributed by atoms with Crippen molar-refractivity contribution in [2.75, 3.05) is 26.3 Å². The molecule has 0 saturated carbocycles. The maximum Gasteiger partial charge on any atom is 0.251 e. The summed E-state index contributed by atoms with van der Waals surface area (Å²) in [7, 11) is 0. The van der Waals surface area contributed by atoms with Gasteiger partial charge in [0.1, 0.15) is 0 Å². The number of carbonyl (C=O) groups excluding carboxylic acids is 1. The SMILES string of the molecule is O=C(NCC1COCCN1)c1ccccc1. The molecule has 2 N–H and O–H groups in total. The van der Waals surface area contributed by atoms with Crippen LogP contribution in [-0.2, 0) is 4.74 Å². The van der Waals surface area contributed by atoms with Crippen molar-refractivity contribution in [3.05, 3.63) is 35.9 Å². The molecule has 1 unspecified atom stereocenters. The van der Waals surface area contributed by atoms with Gasteiger partial charge in [0.25, 0.3) is 5.91 Å². The molecular weight excluding hydrogens is 204 g/mol. The van der Waals surface area contributed by atoms with Crippen LogP contribution in [-0.4, -0.2) is 38.3 Å². The zero-order chi connectivity index (χ0) is 11.2. The Labute approximate surface area is 95.0 Å². The molecule has 4 heteroatoms. The van der Waals surface area contributed by atoms with Crippen LogP contribution in [0.2, 0.25) is 0 Å². The second kappa shape index (κ2) is 5.63. The summed E-state index contributed by atoms with van der Waals surface area (Å²) in [6.45, 7) is 2.87. The predicted octanol–water partition coefficient (Wildman–Crippen LogP) is 0.405. The van der Waals surface area contributed by atoms with Crippen molar-refractivity contribution in [1.82, 2.24) is 10.6 Å². The Balaban J connectivity index is 1.79. The smallest absolute Gasteiger partial charge is 0.251 e. The van der Waals surface area contributed by atoms with E-state index in [2.05, 4.69) is 10.6 Å². The average Bonchev–Trinajstić information content (AvgIpc) is 2.38. The van der Waals surface area contributed by atoms with Gasteiger partial charge in [-0.05, 0) is 12.1 Å². The molecule has 0 aliphatic carbocycles. The summed E-state index contributed by atoms with van der Waals surface area (Å²) in [4.78, 5) is 11.7. The van der Waals surface area contributed by atoms with E-state index in [1.54, 1.807) is 12.1 Å². The highest BCUT2D eigenvalue weighted by molar-refractivity contribution is 5.94. The number of morpholine rings is 1. The number of amides is 1. The standard InChI is InChI=1S/C12H16N2O2/c15-12(10-4-2-1-3-5-10)14-8-11-9-16-7-6-13-11/h1-5,11,13H,6-9H2,(H,14,15). The molecule has 2 rings (SSSR count). The first-order chi connectivity index (χ1) is 7.86. The Morgan fingerprint density at radius 1 is 1.44 bits per heavy atom. The minimum absolute atomic E-state index is 0.0343. The quantitative estimate of drug-likeness (QED) is 0.775. The van der Waals surface area contributed by atoms with E-state index in [1.807, 2.05) is 18.2 Å². The maximum absolute atomic E-state index is 11.7. The van der Waals surface area contributed by atoms with Gasteiger partial charge >= 0.3 is 0 Å². The summed E-state index contributed by atoms with van der Waals surface area (Å²) < 4.78 is 5.31. The Hall–Kier alpha value is -1.39. The van der Waals surface area contributed by atoms with Crippen LogP contribution in [0.5, 0.6) is 0 Å². The minimum atomic E-state index is -0.0343. The molecule has 0 radical (unpaired) electrons. The second-order valence-electron chi connectivity index (χ2n) is 3.80. The Morgan fingerprint density at radius 2 is 2.25 bits per heavy atom. The van der Waals surface area contributed by atoms with Gasteiger partial charge in [-0.25, -0.2) is 0 Å². The molecule has 16 heavy (non-hydrogen) atoms. The number of carbonyl (C=O) groups is 1. The zero-order valence-corrected chi connectivity index (χ0v) is 9.11. The molecule has 1 aromatic rings. The number of rotatable bonds is 3. The minimum Gasteiger partial charge on any atom is -0.378 e. The van der Waals surface area contributed by atoms with E-state index in [9.17, 15) is 4.79 Å². The highest BCUT2D eigenvalue weighted by Gasteiger charge is 2.14. The van der Waals surface area contributed by atoms with E-state index in [1.165, 1.54) is 0 Å². The van der Waals surface area contributed by atoms with Crippen LogP contribution < -0.4 is 10.6 Å². The van der Waals surface area contributed by atoms with Crippen LogP contribution in [0, 0.1) is 0 Å². The molecule has 1 atom stereocenters. The topological polar surface area (TPSA) is 50.4 Å². The van der Waals surface area contributed by atoms with Crippen molar-refractivity contribution >= 4 is 5.91 Å². The van der Waals surface area contributed by atoms with E-state index in [0.717, 1.165) is 13.2 Å². The summed E-state index contributed by atoms with van der Waals surface area (Å²) in [5.41, 5.74) is 0.694. The van der Waals surface area contributed by atoms with Gasteiger partial charge in [0.05, 0.1) is 13.2 Å². The van der Waals surface area contributed by atoms with E-state index >= 15 is 0 Å². The third-order valence-electron chi connectivity index (χ3n) is 2.54. The van der Waals surface area contributed by atoms with Crippen molar-refractivity contribution in [3.8, 4) is 0 Å². The van der Waals surface area contributed by atoms with Gasteiger partial charge in [-0.15, -0.1) is 0 Å². The highest BCUT2D eigenvalue weighted by atomic mass is 16.5. The second-order valence-corrected chi connectivity index (χ2v) is 3.80. The van der Waals surface area contributed by atoms with Crippen molar-refractivity contribution in [2.45, 2.75) is 6.04 Å². The Kier molecular flexibility index (Phi) is 3.91. The maximum atomic E-state index is 11.7. The molecule has 0 aromatic heterocycles. The van der Waals surface area contributed by atoms with Gasteiger partial charge in [0.2, 0.25) is 0 Å². The van der Waals surface area contributed by atoms with Gasteiger partial charge in [-0.2, -0.15) is 0 Å². The van der Waals surface area contributed by atoms with Gasteiger partial charge < -0.3 is 15.4 Å². The molecular formula is C12H16N2O2. The monoisotopic (exact) mass is 220 g/mol. The van der Waals surface area contributed by atoms with Gasteiger partial charge in [-0.1, -0.05) is 18.2 Å². The average molecular weight is 220 g/mol. The lowest BCUT2D eigenvalue weighted by Gasteiger charge is -2.23. The highest BCUT2D eigenvalue weighted by Crippen LogP contribution is 1.98. The first-order valence-electron chi connectivity index (χ1n) is 5.50. The van der Waals surface area contributed by atoms with Crippen LogP contribution in [0.3, 0.4) is 0 Å². The predicted molar refractivity (Wildman–Crippen MR) is 61.4 cm³/mol. The summed E-state index contributed by atoms with van der Waals surface area (Å²) in [5, 5.41) is 6.17. The van der Waals surface area contributed by atoms with Crippen LogP contribution in [0.25, 0.3) is 0 Å². The Bertz CT molecular complexity index is 334.